The van der Waals surface area contributed by atoms with Crippen molar-refractivity contribution in [1.29, 1.82) is 0 Å². The number of esters is 2. The smallest absolute Gasteiger partial charge is 0.408 e. The first-order chi connectivity index (χ1) is 16.7. The molecule has 0 aliphatic carbocycles. The number of alkyl carbamates (subject to hydrolysis) is 1. The Hall–Kier alpha value is -4.13. The maximum absolute atomic E-state index is 12.7. The molecule has 7 heteroatoms. The lowest BCUT2D eigenvalue weighted by molar-refractivity contribution is -0.148. The highest BCUT2D eigenvalue weighted by Crippen LogP contribution is 2.19. The van der Waals surface area contributed by atoms with E-state index in [0.29, 0.717) is 5.56 Å². The third kappa shape index (κ3) is 8.30. The average molecular weight is 476 g/mol. The molecule has 0 fully saturated rings. The number of carbonyl (C=O) groups is 3. The van der Waals surface area contributed by atoms with Gasteiger partial charge in [0.05, 0.1) is 5.56 Å². The molecule has 182 valence electrons. The van der Waals surface area contributed by atoms with Crippen molar-refractivity contribution in [2.45, 2.75) is 39.0 Å². The maximum Gasteiger partial charge on any atom is 0.408 e. The fraction of sp³-hybridized carbons (Fsp3) is 0.250. The highest BCUT2D eigenvalue weighted by Gasteiger charge is 2.27. The molecule has 0 saturated heterocycles. The molecule has 3 aromatic carbocycles. The van der Waals surface area contributed by atoms with E-state index in [-0.39, 0.29) is 6.61 Å². The number of amides is 1. The van der Waals surface area contributed by atoms with Crippen LogP contribution in [0.1, 0.15) is 36.7 Å². The number of hydrogen-bond acceptors (Lipinski definition) is 6. The first-order valence-electron chi connectivity index (χ1n) is 11.2. The largest absolute Gasteiger partial charge is 0.459 e. The summed E-state index contributed by atoms with van der Waals surface area (Å²) >= 11 is 0. The van der Waals surface area contributed by atoms with E-state index in [1.807, 2.05) is 72.8 Å². The number of rotatable bonds is 8. The first-order valence-corrected chi connectivity index (χ1v) is 11.2. The van der Waals surface area contributed by atoms with Gasteiger partial charge in [-0.15, -0.1) is 0 Å². The Labute approximate surface area is 205 Å². The summed E-state index contributed by atoms with van der Waals surface area (Å²) in [6.45, 7) is 4.71. The SMILES string of the molecule is CC(C)(C)OC(=O)N[C@@H](COC(=O)c1ccc(-c2ccccc2)cc1)C(=O)OCc1ccccc1. The minimum atomic E-state index is -1.24. The Balaban J connectivity index is 1.63. The quantitative estimate of drug-likeness (QED) is 0.358. The normalized spacial score (nSPS) is 11.7. The van der Waals surface area contributed by atoms with Crippen molar-refractivity contribution < 1.29 is 28.6 Å². The maximum atomic E-state index is 12.7. The highest BCUT2D eigenvalue weighted by atomic mass is 16.6. The van der Waals surface area contributed by atoms with Crippen LogP contribution >= 0.6 is 0 Å². The molecule has 0 unspecified atom stereocenters. The summed E-state index contributed by atoms with van der Waals surface area (Å²) in [5.41, 5.74) is 2.32. The molecule has 0 aromatic heterocycles. The molecular weight excluding hydrogens is 446 g/mol. The van der Waals surface area contributed by atoms with Crippen molar-refractivity contribution in [1.82, 2.24) is 5.32 Å². The van der Waals surface area contributed by atoms with Crippen LogP contribution in [0.25, 0.3) is 11.1 Å². The minimum absolute atomic E-state index is 0.0149. The second-order valence-electron chi connectivity index (χ2n) is 8.83. The molecule has 7 nitrogen and oxygen atoms in total. The van der Waals surface area contributed by atoms with E-state index in [9.17, 15) is 14.4 Å². The van der Waals surface area contributed by atoms with Crippen LogP contribution < -0.4 is 5.32 Å². The number of benzene rings is 3. The van der Waals surface area contributed by atoms with Gasteiger partial charge < -0.3 is 19.5 Å². The summed E-state index contributed by atoms with van der Waals surface area (Å²) in [5, 5.41) is 2.43. The predicted octanol–water partition coefficient (Wildman–Crippen LogP) is 5.15. The zero-order chi connectivity index (χ0) is 25.3. The van der Waals surface area contributed by atoms with Gasteiger partial charge in [-0.1, -0.05) is 72.8 Å². The van der Waals surface area contributed by atoms with E-state index < -0.39 is 36.3 Å². The Morgan fingerprint density at radius 1 is 0.771 bits per heavy atom. The molecule has 0 aliphatic rings. The van der Waals surface area contributed by atoms with E-state index in [1.54, 1.807) is 32.9 Å². The van der Waals surface area contributed by atoms with Gasteiger partial charge in [0.25, 0.3) is 0 Å². The molecule has 3 rings (SSSR count). The van der Waals surface area contributed by atoms with Gasteiger partial charge in [-0.05, 0) is 49.6 Å². The molecule has 0 saturated carbocycles. The Morgan fingerprint density at radius 3 is 1.94 bits per heavy atom. The predicted molar refractivity (Wildman–Crippen MR) is 132 cm³/mol. The minimum Gasteiger partial charge on any atom is -0.459 e. The van der Waals surface area contributed by atoms with Crippen LogP contribution in [-0.4, -0.2) is 36.3 Å². The molecule has 0 heterocycles. The standard InChI is InChI=1S/C28H29NO6/c1-28(2,3)35-27(32)29-24(26(31)33-18-20-10-6-4-7-11-20)19-34-25(30)23-16-14-22(15-17-23)21-12-8-5-9-13-21/h4-17,24H,18-19H2,1-3H3,(H,29,32)/t24-/m0/s1. The van der Waals surface area contributed by atoms with Crippen LogP contribution in [0.15, 0.2) is 84.9 Å². The highest BCUT2D eigenvalue weighted by molar-refractivity contribution is 5.90. The van der Waals surface area contributed by atoms with Crippen molar-refractivity contribution in [2.24, 2.45) is 0 Å². The molecule has 35 heavy (non-hydrogen) atoms. The van der Waals surface area contributed by atoms with E-state index in [1.165, 1.54) is 0 Å². The van der Waals surface area contributed by atoms with Gasteiger partial charge in [-0.2, -0.15) is 0 Å². The summed E-state index contributed by atoms with van der Waals surface area (Å²) in [4.78, 5) is 37.5. The second kappa shape index (κ2) is 11.8. The third-order valence-electron chi connectivity index (χ3n) is 4.81. The zero-order valence-electron chi connectivity index (χ0n) is 20.0. The van der Waals surface area contributed by atoms with Crippen LogP contribution in [0.3, 0.4) is 0 Å². The van der Waals surface area contributed by atoms with Gasteiger partial charge in [0.15, 0.2) is 6.04 Å². The summed E-state index contributed by atoms with van der Waals surface area (Å²) in [6.07, 6.45) is -0.817. The molecule has 0 bridgehead atoms. The fourth-order valence-electron chi connectivity index (χ4n) is 3.12. The van der Waals surface area contributed by atoms with Gasteiger partial charge in [0.1, 0.15) is 18.8 Å². The molecule has 1 amide bonds. The molecule has 3 aromatic rings. The van der Waals surface area contributed by atoms with Gasteiger partial charge in [-0.25, -0.2) is 14.4 Å². The van der Waals surface area contributed by atoms with Crippen LogP contribution in [-0.2, 0) is 25.6 Å². The number of hydrogen-bond donors (Lipinski definition) is 1. The topological polar surface area (TPSA) is 90.9 Å². The molecule has 1 N–H and O–H groups in total. The zero-order valence-corrected chi connectivity index (χ0v) is 20.0. The fourth-order valence-corrected chi connectivity index (χ4v) is 3.12. The monoisotopic (exact) mass is 475 g/mol. The lowest BCUT2D eigenvalue weighted by Gasteiger charge is -2.23. The van der Waals surface area contributed by atoms with Gasteiger partial charge >= 0.3 is 18.0 Å². The van der Waals surface area contributed by atoms with E-state index in [0.717, 1.165) is 16.7 Å². The summed E-state index contributed by atoms with van der Waals surface area (Å²) < 4.78 is 15.9. The Kier molecular flexibility index (Phi) is 8.62. The summed E-state index contributed by atoms with van der Waals surface area (Å²) in [7, 11) is 0. The third-order valence-corrected chi connectivity index (χ3v) is 4.81. The lowest BCUT2D eigenvalue weighted by atomic mass is 10.0. The molecular formula is C28H29NO6. The van der Waals surface area contributed by atoms with Crippen LogP contribution in [0, 0.1) is 0 Å². The van der Waals surface area contributed by atoms with E-state index in [2.05, 4.69) is 5.32 Å². The van der Waals surface area contributed by atoms with Gasteiger partial charge in [-0.3, -0.25) is 0 Å². The van der Waals surface area contributed by atoms with E-state index in [4.69, 9.17) is 14.2 Å². The van der Waals surface area contributed by atoms with Crippen molar-refractivity contribution >= 4 is 18.0 Å². The average Bonchev–Trinajstić information content (AvgIpc) is 2.85. The summed E-state index contributed by atoms with van der Waals surface area (Å²) in [6, 6.07) is 24.6. The Bertz CT molecular complexity index is 1120. The molecule has 0 aliphatic heterocycles. The second-order valence-corrected chi connectivity index (χ2v) is 8.83. The van der Waals surface area contributed by atoms with Crippen LogP contribution in [0.2, 0.25) is 0 Å². The van der Waals surface area contributed by atoms with Crippen molar-refractivity contribution in [3.63, 3.8) is 0 Å². The first kappa shape index (κ1) is 25.5. The summed E-state index contributed by atoms with van der Waals surface area (Å²) in [5.74, 6) is -1.37. The number of carbonyl (C=O) groups excluding carboxylic acids is 3. The molecule has 0 spiro atoms. The number of ether oxygens (including phenoxy) is 3. The van der Waals surface area contributed by atoms with E-state index >= 15 is 0 Å². The van der Waals surface area contributed by atoms with Crippen molar-refractivity contribution in [2.75, 3.05) is 6.61 Å². The van der Waals surface area contributed by atoms with Crippen LogP contribution in [0.4, 0.5) is 4.79 Å². The van der Waals surface area contributed by atoms with Crippen LogP contribution in [0.5, 0.6) is 0 Å². The number of nitrogens with one attached hydrogen (secondary N) is 1. The Morgan fingerprint density at radius 2 is 1.34 bits per heavy atom. The van der Waals surface area contributed by atoms with Gasteiger partial charge in [0, 0.05) is 0 Å². The lowest BCUT2D eigenvalue weighted by Crippen LogP contribution is -2.47. The molecule has 1 atom stereocenters. The van der Waals surface area contributed by atoms with Gasteiger partial charge in [0.2, 0.25) is 0 Å². The molecule has 0 radical (unpaired) electrons. The van der Waals surface area contributed by atoms with Crippen molar-refractivity contribution in [3.8, 4) is 11.1 Å². The van der Waals surface area contributed by atoms with Crippen molar-refractivity contribution in [3.05, 3.63) is 96.1 Å².